The molecule has 98 valence electrons. The molecule has 0 aromatic carbocycles. The molecule has 1 unspecified atom stereocenters. The Hall–Kier alpha value is -0.0800. The minimum absolute atomic E-state index is 0.338. The molecule has 0 aliphatic carbocycles. The van der Waals surface area contributed by atoms with Gasteiger partial charge >= 0.3 is 0 Å². The summed E-state index contributed by atoms with van der Waals surface area (Å²) in [6.07, 6.45) is 1.46. The number of rotatable bonds is 7. The van der Waals surface area contributed by atoms with Crippen LogP contribution in [-0.4, -0.2) is 25.3 Å². The molecule has 2 nitrogen and oxygen atoms in total. The Morgan fingerprint density at radius 1 is 1.06 bits per heavy atom. The van der Waals surface area contributed by atoms with E-state index in [1.807, 2.05) is 0 Å². The molecule has 0 aromatic heterocycles. The van der Waals surface area contributed by atoms with E-state index in [1.165, 1.54) is 0 Å². The minimum atomic E-state index is 0.338. The second-order valence-corrected chi connectivity index (χ2v) is 6.53. The number of hydrogen-bond acceptors (Lipinski definition) is 2. The molecule has 0 aromatic rings. The van der Waals surface area contributed by atoms with Gasteiger partial charge in [-0.05, 0) is 17.8 Å². The van der Waals surface area contributed by atoms with E-state index in [0.717, 1.165) is 19.6 Å². The highest BCUT2D eigenvalue weighted by atomic mass is 16.5. The number of ether oxygens (including phenoxy) is 1. The van der Waals surface area contributed by atoms with Gasteiger partial charge in [-0.15, -0.1) is 0 Å². The molecule has 0 fully saturated rings. The van der Waals surface area contributed by atoms with Gasteiger partial charge in [0.1, 0.15) is 0 Å². The van der Waals surface area contributed by atoms with Crippen molar-refractivity contribution in [3.05, 3.63) is 0 Å². The Morgan fingerprint density at radius 3 is 2.00 bits per heavy atom. The van der Waals surface area contributed by atoms with Crippen molar-refractivity contribution in [2.24, 2.45) is 11.3 Å². The Labute approximate surface area is 102 Å². The molecule has 2 heteroatoms. The highest BCUT2D eigenvalue weighted by Gasteiger charge is 2.16. The molecule has 1 atom stereocenters. The fraction of sp³-hybridized carbons (Fsp3) is 1.00. The summed E-state index contributed by atoms with van der Waals surface area (Å²) in [7, 11) is 0. The molecule has 1 N–H and O–H groups in total. The maximum Gasteiger partial charge on any atom is 0.0722 e. The third kappa shape index (κ3) is 9.17. The van der Waals surface area contributed by atoms with E-state index in [-0.39, 0.29) is 0 Å². The van der Waals surface area contributed by atoms with Gasteiger partial charge in [0.2, 0.25) is 0 Å². The standard InChI is InChI=1S/C14H31NO/c1-11(2)13(10-15-12(3)4)16-9-8-14(5,6)7/h11-13,15H,8-10H2,1-7H3. The highest BCUT2D eigenvalue weighted by molar-refractivity contribution is 4.68. The summed E-state index contributed by atoms with van der Waals surface area (Å²) in [5.74, 6) is 0.575. The van der Waals surface area contributed by atoms with E-state index in [1.54, 1.807) is 0 Å². The van der Waals surface area contributed by atoms with Crippen LogP contribution >= 0.6 is 0 Å². The van der Waals surface area contributed by atoms with Gasteiger partial charge in [0.05, 0.1) is 6.10 Å². The summed E-state index contributed by atoms with van der Waals surface area (Å²) < 4.78 is 5.97. The molecule has 0 heterocycles. The Balaban J connectivity index is 3.86. The van der Waals surface area contributed by atoms with Crippen LogP contribution in [-0.2, 0) is 4.74 Å². The van der Waals surface area contributed by atoms with Gasteiger partial charge < -0.3 is 10.1 Å². The predicted octanol–water partition coefficient (Wildman–Crippen LogP) is 3.46. The molecule has 0 bridgehead atoms. The summed E-state index contributed by atoms with van der Waals surface area (Å²) in [5.41, 5.74) is 0.368. The fourth-order valence-electron chi connectivity index (χ4n) is 1.36. The summed E-state index contributed by atoms with van der Waals surface area (Å²) in [4.78, 5) is 0. The van der Waals surface area contributed by atoms with Gasteiger partial charge in [-0.2, -0.15) is 0 Å². The molecule has 0 saturated heterocycles. The maximum atomic E-state index is 5.97. The van der Waals surface area contributed by atoms with Crippen molar-refractivity contribution in [1.82, 2.24) is 5.32 Å². The van der Waals surface area contributed by atoms with Crippen LogP contribution in [0.2, 0.25) is 0 Å². The first-order valence-electron chi connectivity index (χ1n) is 6.57. The minimum Gasteiger partial charge on any atom is -0.377 e. The highest BCUT2D eigenvalue weighted by Crippen LogP contribution is 2.19. The van der Waals surface area contributed by atoms with Crippen LogP contribution in [0, 0.1) is 11.3 Å². The molecule has 0 spiro atoms. The zero-order chi connectivity index (χ0) is 12.8. The smallest absolute Gasteiger partial charge is 0.0722 e. The number of nitrogens with one attached hydrogen (secondary N) is 1. The van der Waals surface area contributed by atoms with Crippen LogP contribution in [0.4, 0.5) is 0 Å². The van der Waals surface area contributed by atoms with Crippen LogP contribution in [0.3, 0.4) is 0 Å². The van der Waals surface area contributed by atoms with Crippen molar-refractivity contribution in [3.8, 4) is 0 Å². The predicted molar refractivity (Wildman–Crippen MR) is 71.8 cm³/mol. The van der Waals surface area contributed by atoms with Crippen molar-refractivity contribution < 1.29 is 4.74 Å². The lowest BCUT2D eigenvalue weighted by atomic mass is 9.93. The molecular formula is C14H31NO. The quantitative estimate of drug-likeness (QED) is 0.722. The second kappa shape index (κ2) is 7.29. The Morgan fingerprint density at radius 2 is 1.62 bits per heavy atom. The third-order valence-corrected chi connectivity index (χ3v) is 2.65. The lowest BCUT2D eigenvalue weighted by Gasteiger charge is -2.25. The van der Waals surface area contributed by atoms with Gasteiger partial charge in [0, 0.05) is 19.2 Å². The van der Waals surface area contributed by atoms with E-state index in [2.05, 4.69) is 53.8 Å². The van der Waals surface area contributed by atoms with E-state index in [9.17, 15) is 0 Å². The molecule has 0 amide bonds. The van der Waals surface area contributed by atoms with E-state index in [0.29, 0.717) is 23.5 Å². The van der Waals surface area contributed by atoms with Crippen LogP contribution in [0.15, 0.2) is 0 Å². The first-order valence-corrected chi connectivity index (χ1v) is 6.57. The molecule has 0 radical (unpaired) electrons. The van der Waals surface area contributed by atoms with E-state index in [4.69, 9.17) is 4.74 Å². The fourth-order valence-corrected chi connectivity index (χ4v) is 1.36. The molecule has 16 heavy (non-hydrogen) atoms. The van der Waals surface area contributed by atoms with Gasteiger partial charge in [-0.1, -0.05) is 48.5 Å². The molecule has 0 aliphatic heterocycles. The molecular weight excluding hydrogens is 198 g/mol. The first kappa shape index (κ1) is 15.9. The SMILES string of the molecule is CC(C)NCC(OCCC(C)(C)C)C(C)C. The van der Waals surface area contributed by atoms with Crippen molar-refractivity contribution in [3.63, 3.8) is 0 Å². The van der Waals surface area contributed by atoms with Crippen molar-refractivity contribution in [2.45, 2.75) is 67.0 Å². The molecule has 0 aliphatic rings. The lowest BCUT2D eigenvalue weighted by molar-refractivity contribution is 0.00970. The van der Waals surface area contributed by atoms with E-state index >= 15 is 0 Å². The zero-order valence-electron chi connectivity index (χ0n) is 12.3. The van der Waals surface area contributed by atoms with Crippen molar-refractivity contribution >= 4 is 0 Å². The normalized spacial score (nSPS) is 14.8. The Kier molecular flexibility index (Phi) is 7.25. The van der Waals surface area contributed by atoms with Crippen LogP contribution in [0.1, 0.15) is 54.9 Å². The van der Waals surface area contributed by atoms with E-state index < -0.39 is 0 Å². The van der Waals surface area contributed by atoms with Gasteiger partial charge in [-0.3, -0.25) is 0 Å². The van der Waals surface area contributed by atoms with Crippen LogP contribution in [0.5, 0.6) is 0 Å². The van der Waals surface area contributed by atoms with Crippen molar-refractivity contribution in [2.75, 3.05) is 13.2 Å². The van der Waals surface area contributed by atoms with Gasteiger partial charge in [0.15, 0.2) is 0 Å². The summed E-state index contributed by atoms with van der Waals surface area (Å²) >= 11 is 0. The second-order valence-electron chi connectivity index (χ2n) is 6.53. The summed E-state index contributed by atoms with van der Waals surface area (Å²) in [6, 6.07) is 0.535. The molecule has 0 saturated carbocycles. The number of hydrogen-bond donors (Lipinski definition) is 1. The Bertz CT molecular complexity index is 170. The van der Waals surface area contributed by atoms with Gasteiger partial charge in [0.25, 0.3) is 0 Å². The summed E-state index contributed by atoms with van der Waals surface area (Å²) in [6.45, 7) is 17.4. The van der Waals surface area contributed by atoms with Gasteiger partial charge in [-0.25, -0.2) is 0 Å². The topological polar surface area (TPSA) is 21.3 Å². The lowest BCUT2D eigenvalue weighted by Crippen LogP contribution is -2.37. The largest absolute Gasteiger partial charge is 0.377 e. The van der Waals surface area contributed by atoms with Crippen LogP contribution in [0.25, 0.3) is 0 Å². The average molecular weight is 229 g/mol. The molecule has 0 rings (SSSR count). The maximum absolute atomic E-state index is 5.97. The van der Waals surface area contributed by atoms with Crippen LogP contribution < -0.4 is 5.32 Å². The average Bonchev–Trinajstić information content (AvgIpc) is 2.07. The zero-order valence-corrected chi connectivity index (χ0v) is 12.3. The summed E-state index contributed by atoms with van der Waals surface area (Å²) in [5, 5.41) is 3.45. The van der Waals surface area contributed by atoms with Crippen molar-refractivity contribution in [1.29, 1.82) is 0 Å². The first-order chi connectivity index (χ1) is 7.22. The monoisotopic (exact) mass is 229 g/mol. The third-order valence-electron chi connectivity index (χ3n) is 2.65.